The van der Waals surface area contributed by atoms with Crippen molar-refractivity contribution >= 4 is 11.3 Å². The van der Waals surface area contributed by atoms with Gasteiger partial charge in [0.2, 0.25) is 0 Å². The van der Waals surface area contributed by atoms with E-state index >= 15 is 0 Å². The Bertz CT molecular complexity index is 665. The molecule has 0 aliphatic carbocycles. The van der Waals surface area contributed by atoms with Gasteiger partial charge in [-0.3, -0.25) is 0 Å². The fourth-order valence-electron chi connectivity index (χ4n) is 1.62. The zero-order valence-corrected chi connectivity index (χ0v) is 10.2. The third-order valence-electron chi connectivity index (χ3n) is 2.49. The second-order valence-electron chi connectivity index (χ2n) is 3.70. The van der Waals surface area contributed by atoms with E-state index in [-0.39, 0.29) is 5.89 Å². The van der Waals surface area contributed by atoms with Crippen LogP contribution in [0, 0.1) is 0 Å². The average Bonchev–Trinajstić information content (AvgIpc) is 3.09. The zero-order chi connectivity index (χ0) is 12.4. The summed E-state index contributed by atoms with van der Waals surface area (Å²) in [6, 6.07) is 7.44. The lowest BCUT2D eigenvalue weighted by Crippen LogP contribution is -2.16. The van der Waals surface area contributed by atoms with E-state index in [0.717, 1.165) is 6.42 Å². The second kappa shape index (κ2) is 4.66. The summed E-state index contributed by atoms with van der Waals surface area (Å²) in [7, 11) is 0. The molecule has 0 bridgehead atoms. The molecule has 3 aromatic rings. The molecule has 0 amide bonds. The number of furan rings is 1. The topological polar surface area (TPSA) is 61.2 Å². The maximum Gasteiger partial charge on any atom is 0.437 e. The minimum Gasteiger partial charge on any atom is -0.459 e. The smallest absolute Gasteiger partial charge is 0.437 e. The molecular weight excluding hydrogens is 252 g/mol. The quantitative estimate of drug-likeness (QED) is 0.724. The molecule has 0 unspecified atom stereocenters. The molecule has 92 valence electrons. The van der Waals surface area contributed by atoms with Crippen molar-refractivity contribution in [2.75, 3.05) is 0 Å². The summed E-state index contributed by atoms with van der Waals surface area (Å²) in [5.41, 5.74) is 0. The van der Waals surface area contributed by atoms with Crippen molar-refractivity contribution in [1.82, 2.24) is 9.78 Å². The lowest BCUT2D eigenvalue weighted by Gasteiger charge is -1.95. The lowest BCUT2D eigenvalue weighted by molar-refractivity contribution is 0.469. The third-order valence-corrected chi connectivity index (χ3v) is 3.42. The number of hydrogen-bond acceptors (Lipinski definition) is 5. The van der Waals surface area contributed by atoms with E-state index in [9.17, 15) is 4.79 Å². The van der Waals surface area contributed by atoms with Crippen LogP contribution in [0.1, 0.15) is 4.88 Å². The zero-order valence-electron chi connectivity index (χ0n) is 9.41. The predicted molar refractivity (Wildman–Crippen MR) is 66.5 cm³/mol. The molecule has 0 aliphatic heterocycles. The van der Waals surface area contributed by atoms with Gasteiger partial charge in [-0.2, -0.15) is 4.68 Å². The van der Waals surface area contributed by atoms with E-state index in [4.69, 9.17) is 8.83 Å². The highest BCUT2D eigenvalue weighted by Crippen LogP contribution is 2.15. The molecule has 0 atom stereocenters. The molecule has 6 heteroatoms. The summed E-state index contributed by atoms with van der Waals surface area (Å²) in [4.78, 5) is 12.8. The van der Waals surface area contributed by atoms with Gasteiger partial charge in [0.25, 0.3) is 5.89 Å². The molecular formula is C12H10N2O3S. The number of aromatic nitrogens is 2. The Morgan fingerprint density at radius 2 is 2.28 bits per heavy atom. The van der Waals surface area contributed by atoms with Gasteiger partial charge in [-0.25, -0.2) is 4.79 Å². The van der Waals surface area contributed by atoms with Crippen molar-refractivity contribution in [3.05, 3.63) is 51.3 Å². The first kappa shape index (κ1) is 11.0. The van der Waals surface area contributed by atoms with Crippen LogP contribution in [0.2, 0.25) is 0 Å². The second-order valence-corrected chi connectivity index (χ2v) is 4.74. The highest BCUT2D eigenvalue weighted by molar-refractivity contribution is 7.09. The van der Waals surface area contributed by atoms with Crippen LogP contribution in [0.15, 0.2) is 49.5 Å². The lowest BCUT2D eigenvalue weighted by atomic mass is 10.3. The number of aryl methyl sites for hydroxylation is 2. The number of thiophene rings is 1. The highest BCUT2D eigenvalue weighted by Gasteiger charge is 2.12. The molecule has 0 spiro atoms. The van der Waals surface area contributed by atoms with Gasteiger partial charge in [0.15, 0.2) is 5.76 Å². The first-order valence-corrected chi connectivity index (χ1v) is 6.35. The summed E-state index contributed by atoms with van der Waals surface area (Å²) in [5, 5.41) is 6.11. The van der Waals surface area contributed by atoms with E-state index in [1.165, 1.54) is 15.8 Å². The van der Waals surface area contributed by atoms with Crippen LogP contribution in [-0.4, -0.2) is 9.78 Å². The maximum absolute atomic E-state index is 11.6. The van der Waals surface area contributed by atoms with Crippen LogP contribution >= 0.6 is 11.3 Å². The molecule has 5 nitrogen and oxygen atoms in total. The van der Waals surface area contributed by atoms with Crippen LogP contribution in [0.25, 0.3) is 11.7 Å². The molecule has 3 heterocycles. The molecule has 0 aromatic carbocycles. The first-order valence-electron chi connectivity index (χ1n) is 5.47. The minimum atomic E-state index is -0.460. The molecule has 3 aromatic heterocycles. The SMILES string of the molecule is O=c1oc(-c2ccco2)nn1CCc1cccs1. The molecule has 0 saturated carbocycles. The Hall–Kier alpha value is -2.08. The van der Waals surface area contributed by atoms with Crippen LogP contribution in [0.5, 0.6) is 0 Å². The first-order chi connectivity index (χ1) is 8.83. The van der Waals surface area contributed by atoms with E-state index < -0.39 is 5.76 Å². The molecule has 0 saturated heterocycles. The predicted octanol–water partition coefficient (Wildman–Crippen LogP) is 2.40. The van der Waals surface area contributed by atoms with Gasteiger partial charge in [0.05, 0.1) is 12.8 Å². The van der Waals surface area contributed by atoms with Gasteiger partial charge in [0.1, 0.15) is 0 Å². The fraction of sp³-hybridized carbons (Fsp3) is 0.167. The molecule has 0 N–H and O–H groups in total. The minimum absolute atomic E-state index is 0.219. The summed E-state index contributed by atoms with van der Waals surface area (Å²) in [6.45, 7) is 0.504. The van der Waals surface area contributed by atoms with Crippen molar-refractivity contribution in [1.29, 1.82) is 0 Å². The molecule has 18 heavy (non-hydrogen) atoms. The highest BCUT2D eigenvalue weighted by atomic mass is 32.1. The van der Waals surface area contributed by atoms with Crippen LogP contribution in [-0.2, 0) is 13.0 Å². The van der Waals surface area contributed by atoms with Crippen molar-refractivity contribution in [2.24, 2.45) is 0 Å². The Balaban J connectivity index is 1.79. The standard InChI is InChI=1S/C12H10N2O3S/c15-12-14(6-5-9-3-2-8-18-9)13-11(17-12)10-4-1-7-16-10/h1-4,7-8H,5-6H2. The maximum atomic E-state index is 11.6. The van der Waals surface area contributed by atoms with Gasteiger partial charge < -0.3 is 8.83 Å². The molecule has 0 aliphatic rings. The molecule has 0 radical (unpaired) electrons. The largest absolute Gasteiger partial charge is 0.459 e. The summed E-state index contributed by atoms with van der Waals surface area (Å²) in [6.07, 6.45) is 2.28. The molecule has 0 fully saturated rings. The van der Waals surface area contributed by atoms with Gasteiger partial charge in [-0.05, 0) is 23.6 Å². The fourth-order valence-corrected chi connectivity index (χ4v) is 2.32. The number of nitrogens with zero attached hydrogens (tertiary/aromatic N) is 2. The normalized spacial score (nSPS) is 10.9. The van der Waals surface area contributed by atoms with Crippen molar-refractivity contribution in [3.63, 3.8) is 0 Å². The Morgan fingerprint density at radius 3 is 3.00 bits per heavy atom. The summed E-state index contributed by atoms with van der Waals surface area (Å²) in [5.74, 6) is 0.219. The number of rotatable bonds is 4. The van der Waals surface area contributed by atoms with Crippen molar-refractivity contribution < 1.29 is 8.83 Å². The van der Waals surface area contributed by atoms with E-state index in [2.05, 4.69) is 5.10 Å². The van der Waals surface area contributed by atoms with Crippen molar-refractivity contribution in [3.8, 4) is 11.7 Å². The Morgan fingerprint density at radius 1 is 1.33 bits per heavy atom. The molecule has 3 rings (SSSR count). The van der Waals surface area contributed by atoms with Crippen molar-refractivity contribution in [2.45, 2.75) is 13.0 Å². The van der Waals surface area contributed by atoms with Gasteiger partial charge in [-0.15, -0.1) is 16.4 Å². The van der Waals surface area contributed by atoms with Gasteiger partial charge in [-0.1, -0.05) is 6.07 Å². The van der Waals surface area contributed by atoms with Gasteiger partial charge >= 0.3 is 5.76 Å². The summed E-state index contributed by atoms with van der Waals surface area (Å²) < 4.78 is 11.5. The van der Waals surface area contributed by atoms with Crippen LogP contribution in [0.4, 0.5) is 0 Å². The monoisotopic (exact) mass is 262 g/mol. The average molecular weight is 262 g/mol. The Labute approximate surface area is 106 Å². The van der Waals surface area contributed by atoms with Crippen LogP contribution in [0.3, 0.4) is 0 Å². The summed E-state index contributed by atoms with van der Waals surface area (Å²) >= 11 is 1.66. The van der Waals surface area contributed by atoms with Gasteiger partial charge in [0, 0.05) is 11.3 Å². The third kappa shape index (κ3) is 2.14. The number of hydrogen-bond donors (Lipinski definition) is 0. The van der Waals surface area contributed by atoms with E-state index in [0.29, 0.717) is 12.3 Å². The Kier molecular flexibility index (Phi) is 2.85. The van der Waals surface area contributed by atoms with E-state index in [1.807, 2.05) is 17.5 Å². The van der Waals surface area contributed by atoms with E-state index in [1.54, 1.807) is 23.5 Å². The van der Waals surface area contributed by atoms with Crippen LogP contribution < -0.4 is 5.76 Å².